The normalized spacial score (nSPS) is 21.8. The number of nitrogens with one attached hydrogen (secondary N) is 1. The largest absolute Gasteiger partial charge is 0.371 e. The zero-order chi connectivity index (χ0) is 14.8. The highest BCUT2D eigenvalue weighted by Crippen LogP contribution is 2.25. The smallest absolute Gasteiger partial charge is 0.238 e. The second kappa shape index (κ2) is 6.11. The Labute approximate surface area is 121 Å². The Kier molecular flexibility index (Phi) is 4.67. The Bertz CT molecular complexity index is 542. The zero-order valence-electron chi connectivity index (χ0n) is 12.0. The third-order valence-electron chi connectivity index (χ3n) is 4.15. The van der Waals surface area contributed by atoms with E-state index in [-0.39, 0.29) is 4.90 Å². The number of nitrogens with two attached hydrogens (primary N) is 1. The van der Waals surface area contributed by atoms with Crippen molar-refractivity contribution in [2.75, 3.05) is 25.0 Å². The van der Waals surface area contributed by atoms with E-state index in [9.17, 15) is 8.42 Å². The maximum absolute atomic E-state index is 11.3. The van der Waals surface area contributed by atoms with Crippen molar-refractivity contribution >= 4 is 15.7 Å². The molecule has 0 radical (unpaired) electrons. The molecule has 5 nitrogen and oxygen atoms in total. The van der Waals surface area contributed by atoms with Gasteiger partial charge in [0, 0.05) is 24.8 Å². The van der Waals surface area contributed by atoms with Crippen molar-refractivity contribution in [2.24, 2.45) is 11.1 Å². The maximum Gasteiger partial charge on any atom is 0.238 e. The van der Waals surface area contributed by atoms with E-state index in [0.717, 1.165) is 25.2 Å². The average Bonchev–Trinajstić information content (AvgIpc) is 2.46. The highest BCUT2D eigenvalue weighted by molar-refractivity contribution is 7.89. The van der Waals surface area contributed by atoms with Gasteiger partial charge in [0.2, 0.25) is 10.0 Å². The summed E-state index contributed by atoms with van der Waals surface area (Å²) in [6.45, 7) is 4.22. The van der Waals surface area contributed by atoms with E-state index >= 15 is 0 Å². The molecule has 0 aromatic heterocycles. The van der Waals surface area contributed by atoms with Crippen LogP contribution in [-0.4, -0.2) is 34.6 Å². The summed E-state index contributed by atoms with van der Waals surface area (Å²) in [4.78, 5) is 2.48. The first-order chi connectivity index (χ1) is 9.41. The lowest BCUT2D eigenvalue weighted by atomic mass is 9.91. The molecule has 0 aliphatic carbocycles. The number of sulfonamides is 1. The van der Waals surface area contributed by atoms with Crippen molar-refractivity contribution in [3.63, 3.8) is 0 Å². The molecule has 1 fully saturated rings. The van der Waals surface area contributed by atoms with Gasteiger partial charge >= 0.3 is 0 Å². The van der Waals surface area contributed by atoms with Crippen molar-refractivity contribution in [3.8, 4) is 0 Å². The van der Waals surface area contributed by atoms with Gasteiger partial charge in [-0.3, -0.25) is 0 Å². The van der Waals surface area contributed by atoms with Gasteiger partial charge in [-0.25, -0.2) is 13.6 Å². The molecule has 2 atom stereocenters. The molecule has 1 aromatic carbocycles. The van der Waals surface area contributed by atoms with Crippen LogP contribution in [0.15, 0.2) is 29.2 Å². The number of anilines is 1. The average molecular weight is 297 g/mol. The summed E-state index contributed by atoms with van der Waals surface area (Å²) in [6.07, 6.45) is 2.39. The third-order valence-corrected chi connectivity index (χ3v) is 5.08. The molecule has 3 N–H and O–H groups in total. The minimum atomic E-state index is -3.61. The molecule has 6 heteroatoms. The minimum absolute atomic E-state index is 0.165. The van der Waals surface area contributed by atoms with Crippen molar-refractivity contribution < 1.29 is 8.42 Å². The molecule has 1 heterocycles. The van der Waals surface area contributed by atoms with E-state index in [1.165, 1.54) is 6.42 Å². The van der Waals surface area contributed by atoms with Gasteiger partial charge in [-0.2, -0.15) is 0 Å². The van der Waals surface area contributed by atoms with E-state index in [4.69, 9.17) is 5.14 Å². The molecule has 0 bridgehead atoms. The van der Waals surface area contributed by atoms with Gasteiger partial charge in [0.05, 0.1) is 4.90 Å². The summed E-state index contributed by atoms with van der Waals surface area (Å²) < 4.78 is 22.5. The summed E-state index contributed by atoms with van der Waals surface area (Å²) in [7, 11) is -1.62. The lowest BCUT2D eigenvalue weighted by Gasteiger charge is -2.37. The van der Waals surface area contributed by atoms with Crippen molar-refractivity contribution in [3.05, 3.63) is 24.3 Å². The van der Waals surface area contributed by atoms with Gasteiger partial charge in [-0.05, 0) is 57.0 Å². The molecule has 0 saturated carbocycles. The SMILES string of the molecule is CNC(C)C1CCCN(c2ccc(S(N)(=O)=O)cc2)C1. The van der Waals surface area contributed by atoms with Crippen LogP contribution in [0.3, 0.4) is 0 Å². The van der Waals surface area contributed by atoms with Crippen LogP contribution in [-0.2, 0) is 10.0 Å². The molecule has 2 rings (SSSR count). The fourth-order valence-electron chi connectivity index (χ4n) is 2.73. The number of primary sulfonamides is 1. The van der Waals surface area contributed by atoms with Gasteiger partial charge in [0.15, 0.2) is 0 Å². The quantitative estimate of drug-likeness (QED) is 0.874. The van der Waals surface area contributed by atoms with E-state index in [2.05, 4.69) is 17.1 Å². The molecular formula is C14H23N3O2S. The van der Waals surface area contributed by atoms with Gasteiger partial charge < -0.3 is 10.2 Å². The van der Waals surface area contributed by atoms with Crippen molar-refractivity contribution in [1.29, 1.82) is 0 Å². The van der Waals surface area contributed by atoms with Crippen LogP contribution < -0.4 is 15.4 Å². The summed E-state index contributed by atoms with van der Waals surface area (Å²) >= 11 is 0. The predicted molar refractivity (Wildman–Crippen MR) is 81.3 cm³/mol. The maximum atomic E-state index is 11.3. The molecule has 1 aliphatic rings. The van der Waals surface area contributed by atoms with Crippen molar-refractivity contribution in [1.82, 2.24) is 5.32 Å². The Morgan fingerprint density at radius 2 is 2.00 bits per heavy atom. The standard InChI is InChI=1S/C14H23N3O2S/c1-11(16-2)12-4-3-9-17(10-12)13-5-7-14(8-6-13)20(15,18)19/h5-8,11-12,16H,3-4,9-10H2,1-2H3,(H2,15,18,19). The molecule has 20 heavy (non-hydrogen) atoms. The summed E-state index contributed by atoms with van der Waals surface area (Å²) in [5.74, 6) is 0.617. The Morgan fingerprint density at radius 3 is 2.55 bits per heavy atom. The fraction of sp³-hybridized carbons (Fsp3) is 0.571. The topological polar surface area (TPSA) is 75.4 Å². The first-order valence-corrected chi connectivity index (χ1v) is 8.51. The highest BCUT2D eigenvalue weighted by atomic mass is 32.2. The van der Waals surface area contributed by atoms with E-state index < -0.39 is 10.0 Å². The van der Waals surface area contributed by atoms with Crippen molar-refractivity contribution in [2.45, 2.75) is 30.7 Å². The Balaban J connectivity index is 2.11. The molecule has 1 saturated heterocycles. The van der Waals surface area contributed by atoms with Crippen LogP contribution in [0.5, 0.6) is 0 Å². The van der Waals surface area contributed by atoms with Gasteiger partial charge in [0.1, 0.15) is 0 Å². The molecule has 1 aromatic rings. The zero-order valence-corrected chi connectivity index (χ0v) is 12.9. The molecule has 112 valence electrons. The molecule has 0 amide bonds. The first kappa shape index (κ1) is 15.3. The van der Waals surface area contributed by atoms with Gasteiger partial charge in [-0.1, -0.05) is 0 Å². The van der Waals surface area contributed by atoms with Crippen LogP contribution >= 0.6 is 0 Å². The summed E-state index contributed by atoms with van der Waals surface area (Å²) in [6, 6.07) is 7.32. The number of benzene rings is 1. The lowest BCUT2D eigenvalue weighted by molar-refractivity contribution is 0.333. The summed E-state index contributed by atoms with van der Waals surface area (Å²) in [5.41, 5.74) is 1.06. The minimum Gasteiger partial charge on any atom is -0.371 e. The van der Waals surface area contributed by atoms with Gasteiger partial charge in [-0.15, -0.1) is 0 Å². The molecule has 0 spiro atoms. The number of piperidine rings is 1. The van der Waals surface area contributed by atoms with E-state index in [1.807, 2.05) is 19.2 Å². The first-order valence-electron chi connectivity index (χ1n) is 6.97. The summed E-state index contributed by atoms with van der Waals surface area (Å²) in [5, 5.41) is 8.43. The van der Waals surface area contributed by atoms with Crippen LogP contribution in [0, 0.1) is 5.92 Å². The lowest BCUT2D eigenvalue weighted by Crippen LogP contribution is -2.43. The van der Waals surface area contributed by atoms with Crippen LogP contribution in [0.2, 0.25) is 0 Å². The van der Waals surface area contributed by atoms with Gasteiger partial charge in [0.25, 0.3) is 0 Å². The molecular weight excluding hydrogens is 274 g/mol. The highest BCUT2D eigenvalue weighted by Gasteiger charge is 2.24. The number of hydrogen-bond acceptors (Lipinski definition) is 4. The Hall–Kier alpha value is -1.11. The second-order valence-electron chi connectivity index (χ2n) is 5.46. The number of rotatable bonds is 4. The van der Waals surface area contributed by atoms with Crippen LogP contribution in [0.4, 0.5) is 5.69 Å². The second-order valence-corrected chi connectivity index (χ2v) is 7.03. The van der Waals surface area contributed by atoms with E-state index in [1.54, 1.807) is 12.1 Å². The fourth-order valence-corrected chi connectivity index (χ4v) is 3.25. The molecule has 1 aliphatic heterocycles. The van der Waals surface area contributed by atoms with E-state index in [0.29, 0.717) is 12.0 Å². The molecule has 2 unspecified atom stereocenters. The van der Waals surface area contributed by atoms with Crippen LogP contribution in [0.1, 0.15) is 19.8 Å². The Morgan fingerprint density at radius 1 is 1.35 bits per heavy atom. The predicted octanol–water partition coefficient (Wildman–Crippen LogP) is 1.16. The van der Waals surface area contributed by atoms with Crippen LogP contribution in [0.25, 0.3) is 0 Å². The third kappa shape index (κ3) is 3.50. The monoisotopic (exact) mass is 297 g/mol. The number of nitrogens with zero attached hydrogens (tertiary/aromatic N) is 1. The number of hydrogen-bond donors (Lipinski definition) is 2.